The minimum Gasteiger partial charge on any atom is -0.352 e. The average Bonchev–Trinajstić information content (AvgIpc) is 3.04. The van der Waals surface area contributed by atoms with Gasteiger partial charge in [0.2, 0.25) is 5.91 Å². The first-order valence-corrected chi connectivity index (χ1v) is 11.3. The molecule has 1 amide bonds. The predicted octanol–water partition coefficient (Wildman–Crippen LogP) is 0.629. The van der Waals surface area contributed by atoms with Gasteiger partial charge in [-0.05, 0) is 51.6 Å². The molecule has 3 aliphatic rings. The lowest BCUT2D eigenvalue weighted by atomic mass is 10.00. The molecule has 0 saturated carbocycles. The summed E-state index contributed by atoms with van der Waals surface area (Å²) in [5, 5.41) is 3.26. The van der Waals surface area contributed by atoms with Crippen LogP contribution in [0.3, 0.4) is 0 Å². The van der Waals surface area contributed by atoms with E-state index in [4.69, 9.17) is 0 Å². The number of likely N-dealkylation sites (N-methyl/N-ethyl adjacent to an activating group) is 1. The van der Waals surface area contributed by atoms with Crippen LogP contribution >= 0.6 is 0 Å². The molecule has 24 heavy (non-hydrogen) atoms. The molecule has 3 aliphatic heterocycles. The number of hydrogen-bond acceptors (Lipinski definition) is 5. The van der Waals surface area contributed by atoms with Gasteiger partial charge in [0, 0.05) is 25.2 Å². The van der Waals surface area contributed by atoms with Crippen LogP contribution in [0.2, 0.25) is 0 Å². The van der Waals surface area contributed by atoms with Gasteiger partial charge in [-0.2, -0.15) is 0 Å². The molecule has 0 aromatic carbocycles. The first kappa shape index (κ1) is 18.1. The van der Waals surface area contributed by atoms with Crippen molar-refractivity contribution in [2.45, 2.75) is 63.6 Å². The highest BCUT2D eigenvalue weighted by atomic mass is 32.2. The van der Waals surface area contributed by atoms with Crippen LogP contribution < -0.4 is 5.32 Å². The lowest BCUT2D eigenvalue weighted by Gasteiger charge is -2.39. The Labute approximate surface area is 145 Å². The van der Waals surface area contributed by atoms with Crippen molar-refractivity contribution in [3.05, 3.63) is 0 Å². The number of nitrogens with zero attached hydrogens (tertiary/aromatic N) is 2. The summed E-state index contributed by atoms with van der Waals surface area (Å²) < 4.78 is 23.1. The molecule has 0 spiro atoms. The van der Waals surface area contributed by atoms with Crippen LogP contribution in [0.5, 0.6) is 0 Å². The van der Waals surface area contributed by atoms with Gasteiger partial charge in [0.15, 0.2) is 0 Å². The maximum atomic E-state index is 12.5. The molecular weight excluding hydrogens is 326 g/mol. The quantitative estimate of drug-likeness (QED) is 0.799. The van der Waals surface area contributed by atoms with Gasteiger partial charge in [-0.15, -0.1) is 0 Å². The van der Waals surface area contributed by atoms with Gasteiger partial charge in [0.25, 0.3) is 0 Å². The van der Waals surface area contributed by atoms with E-state index in [0.717, 1.165) is 64.7 Å². The monoisotopic (exact) mass is 357 g/mol. The summed E-state index contributed by atoms with van der Waals surface area (Å²) in [4.78, 5) is 17.2. The van der Waals surface area contributed by atoms with E-state index >= 15 is 0 Å². The minimum atomic E-state index is -2.79. The van der Waals surface area contributed by atoms with Crippen molar-refractivity contribution >= 4 is 15.7 Å². The van der Waals surface area contributed by atoms with E-state index in [0.29, 0.717) is 17.5 Å². The molecule has 0 radical (unpaired) electrons. The molecule has 1 N–H and O–H groups in total. The number of likely N-dealkylation sites (tertiary alicyclic amines) is 2. The van der Waals surface area contributed by atoms with Gasteiger partial charge in [-0.1, -0.05) is 6.92 Å². The Balaban J connectivity index is 1.43. The molecular formula is C17H31N3O3S. The largest absolute Gasteiger partial charge is 0.352 e. The smallest absolute Gasteiger partial charge is 0.237 e. The van der Waals surface area contributed by atoms with Crippen LogP contribution in [-0.2, 0) is 14.6 Å². The molecule has 1 atom stereocenters. The summed E-state index contributed by atoms with van der Waals surface area (Å²) in [6.07, 6.45) is 5.60. The number of sulfone groups is 1. The topological polar surface area (TPSA) is 69.7 Å². The first-order valence-electron chi connectivity index (χ1n) is 9.47. The van der Waals surface area contributed by atoms with Crippen molar-refractivity contribution in [3.63, 3.8) is 0 Å². The molecule has 1 unspecified atom stereocenters. The van der Waals surface area contributed by atoms with Crippen molar-refractivity contribution in [1.82, 2.24) is 15.1 Å². The Hall–Kier alpha value is -0.660. The van der Waals surface area contributed by atoms with E-state index in [1.54, 1.807) is 0 Å². The summed E-state index contributed by atoms with van der Waals surface area (Å²) in [7, 11) is -2.79. The van der Waals surface area contributed by atoms with Gasteiger partial charge in [-0.25, -0.2) is 8.42 Å². The average molecular weight is 358 g/mol. The second-order valence-electron chi connectivity index (χ2n) is 7.49. The number of carbonyl (C=O) groups excluding carboxylic acids is 1. The van der Waals surface area contributed by atoms with Crippen molar-refractivity contribution < 1.29 is 13.2 Å². The van der Waals surface area contributed by atoms with Crippen molar-refractivity contribution in [3.8, 4) is 0 Å². The van der Waals surface area contributed by atoms with Gasteiger partial charge in [-0.3, -0.25) is 9.69 Å². The fourth-order valence-electron chi connectivity index (χ4n) is 4.45. The van der Waals surface area contributed by atoms with E-state index in [9.17, 15) is 13.2 Å². The summed E-state index contributed by atoms with van der Waals surface area (Å²) >= 11 is 0. The molecule has 0 aliphatic carbocycles. The molecule has 3 heterocycles. The summed E-state index contributed by atoms with van der Waals surface area (Å²) in [5.41, 5.74) is 0. The maximum absolute atomic E-state index is 12.5. The molecule has 3 rings (SSSR count). The Morgan fingerprint density at radius 3 is 2.33 bits per heavy atom. The van der Waals surface area contributed by atoms with Crippen molar-refractivity contribution in [1.29, 1.82) is 0 Å². The molecule has 138 valence electrons. The zero-order valence-corrected chi connectivity index (χ0v) is 15.6. The van der Waals surface area contributed by atoms with Crippen LogP contribution in [0, 0.1) is 0 Å². The van der Waals surface area contributed by atoms with E-state index < -0.39 is 9.84 Å². The lowest BCUT2D eigenvalue weighted by molar-refractivity contribution is -0.126. The normalized spacial score (nSPS) is 30.5. The standard InChI is InChI=1S/C17H31N3O3S/c1-2-19-9-3-4-16(19)17(21)18-14-5-10-20(11-6-14)15-7-12-24(22,23)13-8-15/h14-16H,2-13H2,1H3,(H,18,21). The van der Waals surface area contributed by atoms with Crippen LogP contribution in [0.4, 0.5) is 0 Å². The number of carbonyl (C=O) groups is 1. The van der Waals surface area contributed by atoms with Gasteiger partial charge in [0.05, 0.1) is 17.5 Å². The number of rotatable bonds is 4. The zero-order chi connectivity index (χ0) is 17.2. The molecule has 0 bridgehead atoms. The molecule has 0 aromatic heterocycles. The summed E-state index contributed by atoms with van der Waals surface area (Å²) in [6.45, 7) is 6.04. The third kappa shape index (κ3) is 4.29. The number of amides is 1. The van der Waals surface area contributed by atoms with E-state index in [-0.39, 0.29) is 18.0 Å². The fraction of sp³-hybridized carbons (Fsp3) is 0.941. The Kier molecular flexibility index (Phi) is 5.82. The SMILES string of the molecule is CCN1CCCC1C(=O)NC1CCN(C2CCS(=O)(=O)CC2)CC1. The second-order valence-corrected chi connectivity index (χ2v) is 9.79. The molecule has 3 fully saturated rings. The third-order valence-electron chi connectivity index (χ3n) is 5.99. The van der Waals surface area contributed by atoms with Crippen LogP contribution in [0.1, 0.15) is 45.4 Å². The molecule has 0 aromatic rings. The van der Waals surface area contributed by atoms with Crippen LogP contribution in [-0.4, -0.2) is 79.9 Å². The van der Waals surface area contributed by atoms with E-state index in [2.05, 4.69) is 22.0 Å². The molecule has 7 heteroatoms. The maximum Gasteiger partial charge on any atom is 0.237 e. The molecule has 6 nitrogen and oxygen atoms in total. The highest BCUT2D eigenvalue weighted by Crippen LogP contribution is 2.23. The Bertz CT molecular complexity index is 529. The van der Waals surface area contributed by atoms with Gasteiger partial charge in [0.1, 0.15) is 9.84 Å². The number of hydrogen-bond donors (Lipinski definition) is 1. The Morgan fingerprint density at radius 1 is 1.04 bits per heavy atom. The van der Waals surface area contributed by atoms with Crippen LogP contribution in [0.25, 0.3) is 0 Å². The summed E-state index contributed by atoms with van der Waals surface area (Å²) in [5.74, 6) is 0.877. The molecule has 3 saturated heterocycles. The fourth-order valence-corrected chi connectivity index (χ4v) is 5.92. The van der Waals surface area contributed by atoms with Crippen LogP contribution in [0.15, 0.2) is 0 Å². The second kappa shape index (κ2) is 7.70. The Morgan fingerprint density at radius 2 is 1.71 bits per heavy atom. The predicted molar refractivity (Wildman–Crippen MR) is 94.7 cm³/mol. The number of piperidine rings is 1. The first-order chi connectivity index (χ1) is 11.5. The highest BCUT2D eigenvalue weighted by molar-refractivity contribution is 7.91. The van der Waals surface area contributed by atoms with E-state index in [1.165, 1.54) is 0 Å². The summed E-state index contributed by atoms with van der Waals surface area (Å²) in [6, 6.07) is 0.757. The van der Waals surface area contributed by atoms with Crippen molar-refractivity contribution in [2.75, 3.05) is 37.7 Å². The van der Waals surface area contributed by atoms with Gasteiger partial charge < -0.3 is 10.2 Å². The van der Waals surface area contributed by atoms with Crippen molar-refractivity contribution in [2.24, 2.45) is 0 Å². The highest BCUT2D eigenvalue weighted by Gasteiger charge is 2.33. The lowest BCUT2D eigenvalue weighted by Crippen LogP contribution is -2.52. The van der Waals surface area contributed by atoms with E-state index in [1.807, 2.05) is 0 Å². The zero-order valence-electron chi connectivity index (χ0n) is 14.7. The third-order valence-corrected chi connectivity index (χ3v) is 7.70. The minimum absolute atomic E-state index is 0.0663. The van der Waals surface area contributed by atoms with Gasteiger partial charge >= 0.3 is 0 Å². The number of nitrogens with one attached hydrogen (secondary N) is 1.